The van der Waals surface area contributed by atoms with E-state index in [9.17, 15) is 0 Å². The van der Waals surface area contributed by atoms with Gasteiger partial charge in [-0.3, -0.25) is 0 Å². The molecule has 2 aliphatic rings. The lowest BCUT2D eigenvalue weighted by Crippen LogP contribution is -2.46. The second-order valence-electron chi connectivity index (χ2n) is 6.41. The highest BCUT2D eigenvalue weighted by atomic mass is 15.0. The van der Waals surface area contributed by atoms with E-state index in [0.717, 1.165) is 23.9 Å². The van der Waals surface area contributed by atoms with Crippen molar-refractivity contribution in [2.75, 3.05) is 0 Å². The van der Waals surface area contributed by atoms with Gasteiger partial charge in [-0.1, -0.05) is 45.4 Å². The van der Waals surface area contributed by atoms with Crippen LogP contribution in [0.15, 0.2) is 0 Å². The summed E-state index contributed by atoms with van der Waals surface area (Å²) in [6.07, 6.45) is 14.5. The van der Waals surface area contributed by atoms with E-state index in [1.54, 1.807) is 0 Å². The summed E-state index contributed by atoms with van der Waals surface area (Å²) in [7, 11) is 0. The third-order valence-electron chi connectivity index (χ3n) is 5.27. The average Bonchev–Trinajstić information content (AvgIpc) is 2.40. The lowest BCUT2D eigenvalue weighted by atomic mass is 9.80. The number of rotatable bonds is 4. The maximum Gasteiger partial charge on any atom is 0.00978 e. The van der Waals surface area contributed by atoms with Crippen molar-refractivity contribution in [1.29, 1.82) is 0 Å². The molecule has 2 saturated carbocycles. The molecule has 0 heterocycles. The zero-order valence-electron chi connectivity index (χ0n) is 11.9. The highest BCUT2D eigenvalue weighted by molar-refractivity contribution is 4.85. The zero-order valence-corrected chi connectivity index (χ0v) is 11.9. The SMILES string of the molecule is CCC1CCCCC1NC(C)C1CCCCC1. The number of hydrogen-bond acceptors (Lipinski definition) is 1. The minimum absolute atomic E-state index is 0.757. The van der Waals surface area contributed by atoms with Crippen molar-refractivity contribution in [2.45, 2.75) is 90.1 Å². The molecule has 100 valence electrons. The van der Waals surface area contributed by atoms with Crippen LogP contribution in [-0.4, -0.2) is 12.1 Å². The van der Waals surface area contributed by atoms with Gasteiger partial charge in [-0.2, -0.15) is 0 Å². The van der Waals surface area contributed by atoms with Crippen LogP contribution < -0.4 is 5.32 Å². The van der Waals surface area contributed by atoms with Crippen LogP contribution in [0, 0.1) is 11.8 Å². The molecule has 0 aromatic rings. The van der Waals surface area contributed by atoms with Gasteiger partial charge in [0.15, 0.2) is 0 Å². The summed E-state index contributed by atoms with van der Waals surface area (Å²) in [5.41, 5.74) is 0. The van der Waals surface area contributed by atoms with Gasteiger partial charge in [0.05, 0.1) is 0 Å². The third kappa shape index (κ3) is 3.71. The Morgan fingerprint density at radius 1 is 0.941 bits per heavy atom. The van der Waals surface area contributed by atoms with Crippen molar-refractivity contribution in [1.82, 2.24) is 5.32 Å². The highest BCUT2D eigenvalue weighted by Gasteiger charge is 2.27. The fourth-order valence-corrected chi connectivity index (χ4v) is 4.02. The fraction of sp³-hybridized carbons (Fsp3) is 1.00. The molecule has 0 radical (unpaired) electrons. The summed E-state index contributed by atoms with van der Waals surface area (Å²) in [6, 6.07) is 1.58. The van der Waals surface area contributed by atoms with Crippen LogP contribution in [0.1, 0.15) is 78.1 Å². The number of nitrogens with one attached hydrogen (secondary N) is 1. The first-order valence-corrected chi connectivity index (χ1v) is 8.07. The maximum atomic E-state index is 3.99. The smallest absolute Gasteiger partial charge is 0.00978 e. The number of hydrogen-bond donors (Lipinski definition) is 1. The van der Waals surface area contributed by atoms with Gasteiger partial charge >= 0.3 is 0 Å². The van der Waals surface area contributed by atoms with E-state index in [1.165, 1.54) is 64.2 Å². The molecule has 0 aromatic heterocycles. The Morgan fingerprint density at radius 3 is 2.29 bits per heavy atom. The van der Waals surface area contributed by atoms with Gasteiger partial charge in [-0.25, -0.2) is 0 Å². The van der Waals surface area contributed by atoms with Crippen molar-refractivity contribution in [3.8, 4) is 0 Å². The van der Waals surface area contributed by atoms with Crippen LogP contribution >= 0.6 is 0 Å². The molecule has 0 bridgehead atoms. The maximum absolute atomic E-state index is 3.99. The molecule has 2 fully saturated rings. The standard InChI is InChI=1S/C16H31N/c1-3-14-9-7-8-12-16(14)17-13(2)15-10-5-4-6-11-15/h13-17H,3-12H2,1-2H3. The topological polar surface area (TPSA) is 12.0 Å². The first-order valence-electron chi connectivity index (χ1n) is 8.07. The van der Waals surface area contributed by atoms with E-state index < -0.39 is 0 Å². The molecule has 0 aromatic carbocycles. The Morgan fingerprint density at radius 2 is 1.59 bits per heavy atom. The van der Waals surface area contributed by atoms with Crippen LogP contribution in [0.2, 0.25) is 0 Å². The second kappa shape index (κ2) is 6.78. The van der Waals surface area contributed by atoms with E-state index in [0.29, 0.717) is 0 Å². The van der Waals surface area contributed by atoms with Crippen LogP contribution in [0.25, 0.3) is 0 Å². The molecule has 0 amide bonds. The molecule has 0 saturated heterocycles. The molecule has 0 aliphatic heterocycles. The van der Waals surface area contributed by atoms with Gasteiger partial charge in [0, 0.05) is 12.1 Å². The molecule has 1 N–H and O–H groups in total. The summed E-state index contributed by atoms with van der Waals surface area (Å²) in [5, 5.41) is 3.99. The Hall–Kier alpha value is -0.0400. The van der Waals surface area contributed by atoms with E-state index in [4.69, 9.17) is 0 Å². The summed E-state index contributed by atoms with van der Waals surface area (Å²) >= 11 is 0. The van der Waals surface area contributed by atoms with Gasteiger partial charge in [0.2, 0.25) is 0 Å². The Kier molecular flexibility index (Phi) is 5.34. The van der Waals surface area contributed by atoms with Crippen molar-refractivity contribution >= 4 is 0 Å². The third-order valence-corrected chi connectivity index (χ3v) is 5.27. The van der Waals surface area contributed by atoms with Gasteiger partial charge in [-0.05, 0) is 44.4 Å². The predicted octanol–water partition coefficient (Wildman–Crippen LogP) is 4.51. The quantitative estimate of drug-likeness (QED) is 0.758. The summed E-state index contributed by atoms with van der Waals surface area (Å²) in [4.78, 5) is 0. The summed E-state index contributed by atoms with van der Waals surface area (Å²) < 4.78 is 0. The molecule has 2 aliphatic carbocycles. The van der Waals surface area contributed by atoms with Crippen molar-refractivity contribution in [2.24, 2.45) is 11.8 Å². The van der Waals surface area contributed by atoms with Crippen molar-refractivity contribution < 1.29 is 0 Å². The van der Waals surface area contributed by atoms with E-state index >= 15 is 0 Å². The second-order valence-corrected chi connectivity index (χ2v) is 6.41. The van der Waals surface area contributed by atoms with Crippen molar-refractivity contribution in [3.63, 3.8) is 0 Å². The largest absolute Gasteiger partial charge is 0.311 e. The Bertz CT molecular complexity index is 208. The van der Waals surface area contributed by atoms with Crippen LogP contribution in [0.3, 0.4) is 0 Å². The molecule has 3 atom stereocenters. The molecular formula is C16H31N. The monoisotopic (exact) mass is 237 g/mol. The van der Waals surface area contributed by atoms with Gasteiger partial charge in [0.25, 0.3) is 0 Å². The first-order chi connectivity index (χ1) is 8.31. The van der Waals surface area contributed by atoms with E-state index in [1.807, 2.05) is 0 Å². The fourth-order valence-electron chi connectivity index (χ4n) is 4.02. The normalized spacial score (nSPS) is 33.5. The predicted molar refractivity (Wildman–Crippen MR) is 75.2 cm³/mol. The minimum atomic E-state index is 0.757. The van der Waals surface area contributed by atoms with Crippen LogP contribution in [0.4, 0.5) is 0 Å². The molecule has 1 heteroatoms. The molecular weight excluding hydrogens is 206 g/mol. The zero-order chi connectivity index (χ0) is 12.1. The summed E-state index contributed by atoms with van der Waals surface area (Å²) in [5.74, 6) is 1.91. The molecule has 17 heavy (non-hydrogen) atoms. The van der Waals surface area contributed by atoms with Gasteiger partial charge < -0.3 is 5.32 Å². The van der Waals surface area contributed by atoms with Crippen molar-refractivity contribution in [3.05, 3.63) is 0 Å². The van der Waals surface area contributed by atoms with Crippen LogP contribution in [0.5, 0.6) is 0 Å². The summed E-state index contributed by atoms with van der Waals surface area (Å²) in [6.45, 7) is 4.81. The van der Waals surface area contributed by atoms with Gasteiger partial charge in [-0.15, -0.1) is 0 Å². The Balaban J connectivity index is 1.81. The van der Waals surface area contributed by atoms with Gasteiger partial charge in [0.1, 0.15) is 0 Å². The van der Waals surface area contributed by atoms with E-state index in [2.05, 4.69) is 19.2 Å². The molecule has 3 unspecified atom stereocenters. The molecule has 2 rings (SSSR count). The first kappa shape index (κ1) is 13.4. The van der Waals surface area contributed by atoms with E-state index in [-0.39, 0.29) is 0 Å². The lowest BCUT2D eigenvalue weighted by molar-refractivity contribution is 0.197. The van der Waals surface area contributed by atoms with Crippen LogP contribution in [-0.2, 0) is 0 Å². The minimum Gasteiger partial charge on any atom is -0.311 e. The molecule has 0 spiro atoms. The Labute approximate surface area is 108 Å². The lowest BCUT2D eigenvalue weighted by Gasteiger charge is -2.37. The molecule has 1 nitrogen and oxygen atoms in total. The average molecular weight is 237 g/mol. The highest BCUT2D eigenvalue weighted by Crippen LogP contribution is 2.30.